The minimum atomic E-state index is -4.97. The molecular formula is C91H178O17P2. The molecule has 0 aliphatic carbocycles. The lowest BCUT2D eigenvalue weighted by atomic mass is 9.99. The molecule has 0 amide bonds. The molecule has 0 spiro atoms. The molecule has 0 radical (unpaired) electrons. The number of ether oxygens (including phenoxy) is 4. The van der Waals surface area contributed by atoms with Crippen molar-refractivity contribution in [1.82, 2.24) is 0 Å². The minimum Gasteiger partial charge on any atom is -0.462 e. The lowest BCUT2D eigenvalue weighted by Gasteiger charge is -2.21. The highest BCUT2D eigenvalue weighted by Gasteiger charge is 2.31. The van der Waals surface area contributed by atoms with Crippen LogP contribution in [0, 0.1) is 17.8 Å². The minimum absolute atomic E-state index is 0.108. The Morgan fingerprint density at radius 3 is 0.691 bits per heavy atom. The average molecular weight is 1610 g/mol. The monoisotopic (exact) mass is 1610 g/mol. The number of phosphoric acid groups is 2. The molecule has 654 valence electrons. The van der Waals surface area contributed by atoms with Gasteiger partial charge in [-0.1, -0.05) is 434 Å². The number of carbonyl (C=O) groups excluding carboxylic acids is 4. The van der Waals surface area contributed by atoms with Gasteiger partial charge < -0.3 is 33.8 Å². The van der Waals surface area contributed by atoms with Crippen molar-refractivity contribution in [2.45, 2.75) is 503 Å². The van der Waals surface area contributed by atoms with Crippen LogP contribution in [0.4, 0.5) is 0 Å². The number of unbranched alkanes of at least 4 members (excludes halogenated alkanes) is 55. The highest BCUT2D eigenvalue weighted by molar-refractivity contribution is 7.47. The van der Waals surface area contributed by atoms with E-state index in [9.17, 15) is 43.2 Å². The van der Waals surface area contributed by atoms with Crippen LogP contribution in [-0.2, 0) is 65.4 Å². The van der Waals surface area contributed by atoms with E-state index in [0.717, 1.165) is 108 Å². The quantitative estimate of drug-likeness (QED) is 0.0222. The van der Waals surface area contributed by atoms with E-state index in [1.807, 2.05) is 0 Å². The standard InChI is InChI=1S/C91H178O17P2/c1-8-11-12-13-14-15-16-17-18-23-31-36-41-46-51-60-68-75-91(96)108-87(79-102-89(94)73-66-59-54-53-55-62-69-82(4)5)81-106-110(99,100)104-77-85(92)76-103-109(97,98)105-80-86(107-90(95)74-67-61-52-47-42-37-32-27-22-20-25-29-34-39-44-49-57-64-71-84(7)10-3)78-101-88(93)72-65-58-50-45-40-35-30-26-21-19-24-28-33-38-43-48-56-63-70-83(6)9-2/h82-87,92H,8-81H2,1-7H3,(H,97,98)(H,99,100)/t83?,84?,85-,86-,87-/m1/s1. The maximum Gasteiger partial charge on any atom is 0.472 e. The third kappa shape index (κ3) is 81.2. The van der Waals surface area contributed by atoms with Gasteiger partial charge in [0.15, 0.2) is 12.2 Å². The lowest BCUT2D eigenvalue weighted by molar-refractivity contribution is -0.161. The molecule has 7 atom stereocenters. The Labute approximate surface area is 677 Å². The summed E-state index contributed by atoms with van der Waals surface area (Å²) >= 11 is 0. The molecule has 3 N–H and O–H groups in total. The zero-order chi connectivity index (χ0) is 80.8. The first-order valence-corrected chi connectivity index (χ1v) is 49.9. The summed E-state index contributed by atoms with van der Waals surface area (Å²) in [6.45, 7) is 12.1. The number of aliphatic hydroxyl groups excluding tert-OH is 1. The van der Waals surface area contributed by atoms with Crippen LogP contribution < -0.4 is 0 Å². The van der Waals surface area contributed by atoms with Gasteiger partial charge in [-0.2, -0.15) is 0 Å². The Bertz CT molecular complexity index is 2120. The SMILES string of the molecule is CCCCCCCCCCCCCCCCCCCC(=O)O[C@H](COC(=O)CCCCCCCCC(C)C)COP(=O)(O)OC[C@H](O)COP(=O)(O)OC[C@@H](COC(=O)CCCCCCCCCCCCCCCCCCCCC(C)CC)OC(=O)CCCCCCCCCCCCCCCCCCCCC(C)CC. The van der Waals surface area contributed by atoms with Crippen molar-refractivity contribution >= 4 is 39.5 Å². The molecule has 0 saturated heterocycles. The zero-order valence-corrected chi connectivity index (χ0v) is 74.5. The largest absolute Gasteiger partial charge is 0.472 e. The number of esters is 4. The van der Waals surface area contributed by atoms with Gasteiger partial charge in [-0.3, -0.25) is 37.3 Å². The third-order valence-corrected chi connectivity index (χ3v) is 24.0. The Morgan fingerprint density at radius 1 is 0.264 bits per heavy atom. The van der Waals surface area contributed by atoms with Gasteiger partial charge in [0.1, 0.15) is 19.3 Å². The second-order valence-electron chi connectivity index (χ2n) is 33.7. The zero-order valence-electron chi connectivity index (χ0n) is 72.7. The van der Waals surface area contributed by atoms with Crippen LogP contribution in [0.1, 0.15) is 485 Å². The first-order chi connectivity index (χ1) is 53.3. The van der Waals surface area contributed by atoms with Crippen molar-refractivity contribution in [3.05, 3.63) is 0 Å². The smallest absolute Gasteiger partial charge is 0.462 e. The first-order valence-electron chi connectivity index (χ1n) is 46.9. The fourth-order valence-corrected chi connectivity index (χ4v) is 15.8. The fraction of sp³-hybridized carbons (Fsp3) is 0.956. The van der Waals surface area contributed by atoms with Crippen molar-refractivity contribution in [1.29, 1.82) is 0 Å². The molecule has 0 fully saturated rings. The van der Waals surface area contributed by atoms with E-state index in [2.05, 4.69) is 48.5 Å². The number of hydrogen-bond donors (Lipinski definition) is 3. The van der Waals surface area contributed by atoms with Crippen LogP contribution in [0.25, 0.3) is 0 Å². The highest BCUT2D eigenvalue weighted by atomic mass is 31.2. The summed E-state index contributed by atoms with van der Waals surface area (Å²) in [5.74, 6) is 0.323. The summed E-state index contributed by atoms with van der Waals surface area (Å²) in [4.78, 5) is 73.3. The van der Waals surface area contributed by atoms with E-state index < -0.39 is 97.5 Å². The maximum atomic E-state index is 13.2. The van der Waals surface area contributed by atoms with Gasteiger partial charge in [-0.25, -0.2) is 9.13 Å². The van der Waals surface area contributed by atoms with E-state index in [-0.39, 0.29) is 25.7 Å². The lowest BCUT2D eigenvalue weighted by Crippen LogP contribution is -2.30. The van der Waals surface area contributed by atoms with Crippen LogP contribution in [0.15, 0.2) is 0 Å². The van der Waals surface area contributed by atoms with Gasteiger partial charge in [0.25, 0.3) is 0 Å². The van der Waals surface area contributed by atoms with Crippen LogP contribution in [-0.4, -0.2) is 96.7 Å². The summed E-state index contributed by atoms with van der Waals surface area (Å²) < 4.78 is 69.0. The summed E-state index contributed by atoms with van der Waals surface area (Å²) in [6.07, 6.45) is 73.8. The second kappa shape index (κ2) is 80.8. The Balaban J connectivity index is 5.20. The van der Waals surface area contributed by atoms with E-state index >= 15 is 0 Å². The van der Waals surface area contributed by atoms with Gasteiger partial charge in [0, 0.05) is 25.7 Å². The molecule has 0 saturated carbocycles. The Kier molecular flexibility index (Phi) is 79.4. The molecule has 110 heavy (non-hydrogen) atoms. The maximum absolute atomic E-state index is 13.2. The van der Waals surface area contributed by atoms with Gasteiger partial charge in [0.05, 0.1) is 26.4 Å². The fourth-order valence-electron chi connectivity index (χ4n) is 14.2. The predicted molar refractivity (Wildman–Crippen MR) is 455 cm³/mol. The molecule has 19 heteroatoms. The number of aliphatic hydroxyl groups is 1. The van der Waals surface area contributed by atoms with Gasteiger partial charge in [-0.05, 0) is 43.4 Å². The van der Waals surface area contributed by atoms with Crippen LogP contribution in [0.5, 0.6) is 0 Å². The van der Waals surface area contributed by atoms with Gasteiger partial charge in [-0.15, -0.1) is 0 Å². The first kappa shape index (κ1) is 108. The molecule has 0 heterocycles. The van der Waals surface area contributed by atoms with Crippen molar-refractivity contribution in [3.8, 4) is 0 Å². The average Bonchev–Trinajstić information content (AvgIpc) is 0.894. The normalized spacial score (nSPS) is 14.3. The Hall–Kier alpha value is -1.94. The summed E-state index contributed by atoms with van der Waals surface area (Å²) in [5, 5.41) is 10.7. The molecular weight excluding hydrogens is 1430 g/mol. The highest BCUT2D eigenvalue weighted by Crippen LogP contribution is 2.45. The molecule has 0 aliphatic heterocycles. The predicted octanol–water partition coefficient (Wildman–Crippen LogP) is 28.0. The molecule has 4 unspecified atom stereocenters. The second-order valence-corrected chi connectivity index (χ2v) is 36.6. The van der Waals surface area contributed by atoms with Crippen molar-refractivity contribution in [3.63, 3.8) is 0 Å². The molecule has 0 aromatic rings. The van der Waals surface area contributed by atoms with Crippen LogP contribution >= 0.6 is 15.6 Å². The Morgan fingerprint density at radius 2 is 0.464 bits per heavy atom. The van der Waals surface area contributed by atoms with E-state index in [4.69, 9.17) is 37.0 Å². The van der Waals surface area contributed by atoms with E-state index in [1.165, 1.54) is 289 Å². The molecule has 17 nitrogen and oxygen atoms in total. The third-order valence-electron chi connectivity index (χ3n) is 22.1. The van der Waals surface area contributed by atoms with E-state index in [0.29, 0.717) is 31.6 Å². The number of hydrogen-bond acceptors (Lipinski definition) is 15. The summed E-state index contributed by atoms with van der Waals surface area (Å²) in [7, 11) is -9.93. The number of rotatable bonds is 89. The van der Waals surface area contributed by atoms with Crippen molar-refractivity contribution < 1.29 is 80.2 Å². The van der Waals surface area contributed by atoms with Crippen LogP contribution in [0.3, 0.4) is 0 Å². The molecule has 0 aromatic heterocycles. The number of phosphoric ester groups is 2. The van der Waals surface area contributed by atoms with Gasteiger partial charge in [0.2, 0.25) is 0 Å². The molecule has 0 aromatic carbocycles. The van der Waals surface area contributed by atoms with Crippen LogP contribution in [0.2, 0.25) is 0 Å². The van der Waals surface area contributed by atoms with Gasteiger partial charge >= 0.3 is 39.5 Å². The summed E-state index contributed by atoms with van der Waals surface area (Å²) in [5.41, 5.74) is 0. The molecule has 0 rings (SSSR count). The van der Waals surface area contributed by atoms with Crippen molar-refractivity contribution in [2.24, 2.45) is 17.8 Å². The molecule has 0 aliphatic rings. The molecule has 0 bridgehead atoms. The number of carbonyl (C=O) groups is 4. The van der Waals surface area contributed by atoms with Crippen molar-refractivity contribution in [2.75, 3.05) is 39.6 Å². The topological polar surface area (TPSA) is 237 Å². The van der Waals surface area contributed by atoms with E-state index in [1.54, 1.807) is 0 Å². The summed E-state index contributed by atoms with van der Waals surface area (Å²) in [6, 6.07) is 0.